The molecule has 0 saturated carbocycles. The van der Waals surface area contributed by atoms with Gasteiger partial charge in [0.05, 0.1) is 23.8 Å². The number of ether oxygens (including phenoxy) is 1. The highest BCUT2D eigenvalue weighted by atomic mass is 32.2. The number of aliphatic hydroxyl groups is 1. The fraction of sp³-hybridized carbons (Fsp3) is 0.412. The molecule has 1 fully saturated rings. The Morgan fingerprint density at radius 2 is 2.04 bits per heavy atom. The van der Waals surface area contributed by atoms with Crippen LogP contribution in [0.4, 0.5) is 0 Å². The Morgan fingerprint density at radius 3 is 2.63 bits per heavy atom. The molecule has 3 rings (SSSR count). The molecule has 1 aromatic carbocycles. The molecule has 0 spiro atoms. The molecule has 2 heterocycles. The summed E-state index contributed by atoms with van der Waals surface area (Å²) in [5.41, 5.74) is 9.65. The van der Waals surface area contributed by atoms with Gasteiger partial charge in [-0.05, 0) is 42.6 Å². The number of aromatic nitrogens is 2. The van der Waals surface area contributed by atoms with E-state index in [9.17, 15) is 14.7 Å². The molecular formula is C17H19N5O4S. The van der Waals surface area contributed by atoms with E-state index in [1.807, 2.05) is 32.0 Å². The van der Waals surface area contributed by atoms with E-state index >= 15 is 0 Å². The number of hydrogen-bond donors (Lipinski definition) is 2. The van der Waals surface area contributed by atoms with Gasteiger partial charge in [0.15, 0.2) is 0 Å². The monoisotopic (exact) mass is 389 g/mol. The summed E-state index contributed by atoms with van der Waals surface area (Å²) in [6.45, 7) is 3.59. The zero-order valence-electron chi connectivity index (χ0n) is 14.8. The Labute approximate surface area is 158 Å². The van der Waals surface area contributed by atoms with E-state index in [1.165, 1.54) is 17.8 Å². The van der Waals surface area contributed by atoms with Crippen molar-refractivity contribution in [3.63, 3.8) is 0 Å². The predicted molar refractivity (Wildman–Crippen MR) is 99.9 cm³/mol. The molecular weight excluding hydrogens is 370 g/mol. The van der Waals surface area contributed by atoms with Gasteiger partial charge in [-0.3, -0.25) is 4.79 Å². The molecule has 2 N–H and O–H groups in total. The van der Waals surface area contributed by atoms with Gasteiger partial charge >= 0.3 is 5.69 Å². The van der Waals surface area contributed by atoms with Crippen LogP contribution >= 0.6 is 11.8 Å². The molecule has 0 unspecified atom stereocenters. The van der Waals surface area contributed by atoms with Crippen molar-refractivity contribution in [1.82, 2.24) is 9.55 Å². The first-order valence-electron chi connectivity index (χ1n) is 8.34. The van der Waals surface area contributed by atoms with Crippen LogP contribution < -0.4 is 11.2 Å². The van der Waals surface area contributed by atoms with Crippen LogP contribution in [0.15, 0.2) is 48.9 Å². The second kappa shape index (κ2) is 8.01. The van der Waals surface area contributed by atoms with Crippen LogP contribution in [0, 0.1) is 13.8 Å². The van der Waals surface area contributed by atoms with Crippen LogP contribution in [-0.2, 0) is 4.74 Å². The third kappa shape index (κ3) is 4.25. The maximum atomic E-state index is 12.5. The summed E-state index contributed by atoms with van der Waals surface area (Å²) in [5, 5.41) is 13.3. The molecule has 1 aliphatic heterocycles. The molecule has 142 valence electrons. The van der Waals surface area contributed by atoms with Crippen LogP contribution in [-0.4, -0.2) is 33.4 Å². The number of H-pyrrole nitrogens is 1. The quantitative estimate of drug-likeness (QED) is 0.350. The molecule has 1 aliphatic rings. The lowest BCUT2D eigenvalue weighted by molar-refractivity contribution is -0.0286. The number of hydrogen-bond acceptors (Lipinski definition) is 6. The van der Waals surface area contributed by atoms with Crippen LogP contribution in [0.3, 0.4) is 0 Å². The summed E-state index contributed by atoms with van der Waals surface area (Å²) >= 11 is 1.29. The van der Waals surface area contributed by atoms with E-state index in [1.54, 1.807) is 0 Å². The second-order valence-corrected chi connectivity index (χ2v) is 7.51. The molecule has 3 atom stereocenters. The van der Waals surface area contributed by atoms with Crippen molar-refractivity contribution in [1.29, 1.82) is 0 Å². The summed E-state index contributed by atoms with van der Waals surface area (Å²) in [4.78, 5) is 31.3. The average molecular weight is 389 g/mol. The van der Waals surface area contributed by atoms with Crippen molar-refractivity contribution in [3.8, 4) is 0 Å². The second-order valence-electron chi connectivity index (χ2n) is 6.39. The van der Waals surface area contributed by atoms with Gasteiger partial charge in [0, 0.05) is 22.3 Å². The average Bonchev–Trinajstić information content (AvgIpc) is 2.96. The number of aromatic amines is 1. The van der Waals surface area contributed by atoms with Crippen LogP contribution in [0.25, 0.3) is 10.4 Å². The smallest absolute Gasteiger partial charge is 0.331 e. The summed E-state index contributed by atoms with van der Waals surface area (Å²) in [6, 6.07) is 6.68. The van der Waals surface area contributed by atoms with Gasteiger partial charge in [-0.1, -0.05) is 22.9 Å². The van der Waals surface area contributed by atoms with Gasteiger partial charge in [-0.2, -0.15) is 0 Å². The third-order valence-electron chi connectivity index (χ3n) is 4.24. The number of benzene rings is 1. The number of nitrogens with zero attached hydrogens (tertiary/aromatic N) is 4. The maximum absolute atomic E-state index is 12.5. The minimum Gasteiger partial charge on any atom is -0.394 e. The first-order valence-corrected chi connectivity index (χ1v) is 9.15. The first-order chi connectivity index (χ1) is 12.9. The lowest BCUT2D eigenvalue weighted by Gasteiger charge is -2.14. The number of aliphatic hydroxyl groups excluding tert-OH is 1. The number of azide groups is 1. The van der Waals surface area contributed by atoms with Gasteiger partial charge in [0.25, 0.3) is 5.56 Å². The topological polar surface area (TPSA) is 133 Å². The highest BCUT2D eigenvalue weighted by Crippen LogP contribution is 2.30. The van der Waals surface area contributed by atoms with Gasteiger partial charge < -0.3 is 14.8 Å². The van der Waals surface area contributed by atoms with Gasteiger partial charge in [0.2, 0.25) is 0 Å². The molecule has 1 aromatic heterocycles. The highest BCUT2D eigenvalue weighted by Gasteiger charge is 2.36. The van der Waals surface area contributed by atoms with Gasteiger partial charge in [-0.25, -0.2) is 9.36 Å². The molecule has 0 amide bonds. The first kappa shape index (κ1) is 19.2. The van der Waals surface area contributed by atoms with Crippen molar-refractivity contribution in [3.05, 3.63) is 66.7 Å². The van der Waals surface area contributed by atoms with Crippen molar-refractivity contribution in [2.45, 2.75) is 48.6 Å². The van der Waals surface area contributed by atoms with Crippen LogP contribution in [0.5, 0.6) is 0 Å². The number of nitrogens with one attached hydrogen (secondary N) is 1. The molecule has 27 heavy (non-hydrogen) atoms. The normalized spacial score (nSPS) is 21.8. The van der Waals surface area contributed by atoms with Crippen LogP contribution in [0.1, 0.15) is 23.8 Å². The fourth-order valence-corrected chi connectivity index (χ4v) is 4.20. The highest BCUT2D eigenvalue weighted by molar-refractivity contribution is 7.99. The Bertz CT molecular complexity index is 960. The van der Waals surface area contributed by atoms with Crippen molar-refractivity contribution < 1.29 is 9.84 Å². The van der Waals surface area contributed by atoms with E-state index in [-0.39, 0.29) is 13.0 Å². The SMILES string of the molecule is Cc1cc(C)cc(Sc2cc(=O)n([C@@H]3C[C@H](N=[N+]=[N-])[C@@H](CO)O3)c(=O)[nH]2)c1. The van der Waals surface area contributed by atoms with E-state index in [4.69, 9.17) is 10.3 Å². The molecule has 0 radical (unpaired) electrons. The Morgan fingerprint density at radius 1 is 1.33 bits per heavy atom. The molecule has 0 aliphatic carbocycles. The predicted octanol–water partition coefficient (Wildman–Crippen LogP) is 2.26. The van der Waals surface area contributed by atoms with E-state index in [2.05, 4.69) is 15.0 Å². The van der Waals surface area contributed by atoms with E-state index < -0.39 is 29.6 Å². The largest absolute Gasteiger partial charge is 0.394 e. The summed E-state index contributed by atoms with van der Waals surface area (Å²) < 4.78 is 6.48. The molecule has 2 aromatic rings. The molecule has 10 heteroatoms. The maximum Gasteiger partial charge on any atom is 0.331 e. The Hall–Kier alpha value is -2.52. The standard InChI is InChI=1S/C17H19N5O4S/c1-9-3-10(2)5-11(4-9)27-14-7-15(24)22(17(25)19-14)16-6-12(20-21-18)13(8-23)26-16/h3-5,7,12-13,16,23H,6,8H2,1-2H3,(H,19,25)/t12-,13+,16-/m0/s1. The zero-order valence-corrected chi connectivity index (χ0v) is 15.6. The lowest BCUT2D eigenvalue weighted by atomic mass is 10.1. The molecule has 9 nitrogen and oxygen atoms in total. The van der Waals surface area contributed by atoms with E-state index in [0.29, 0.717) is 5.03 Å². The third-order valence-corrected chi connectivity index (χ3v) is 5.15. The number of aryl methyl sites for hydroxylation is 2. The number of rotatable bonds is 5. The molecule has 0 bridgehead atoms. The van der Waals surface area contributed by atoms with E-state index in [0.717, 1.165) is 20.6 Å². The van der Waals surface area contributed by atoms with Crippen molar-refractivity contribution >= 4 is 11.8 Å². The van der Waals surface area contributed by atoms with Crippen molar-refractivity contribution in [2.75, 3.05) is 6.61 Å². The summed E-state index contributed by atoms with van der Waals surface area (Å²) in [6.07, 6.45) is -1.50. The Kier molecular flexibility index (Phi) is 5.71. The van der Waals surface area contributed by atoms with Gasteiger partial charge in [0.1, 0.15) is 6.23 Å². The molecule has 1 saturated heterocycles. The Balaban J connectivity index is 1.88. The summed E-state index contributed by atoms with van der Waals surface area (Å²) in [5.74, 6) is 0. The van der Waals surface area contributed by atoms with Crippen molar-refractivity contribution in [2.24, 2.45) is 5.11 Å². The zero-order chi connectivity index (χ0) is 19.6. The van der Waals surface area contributed by atoms with Crippen LogP contribution in [0.2, 0.25) is 0 Å². The lowest BCUT2D eigenvalue weighted by Crippen LogP contribution is -2.38. The fourth-order valence-electron chi connectivity index (χ4n) is 3.16. The summed E-state index contributed by atoms with van der Waals surface area (Å²) in [7, 11) is 0. The minimum absolute atomic E-state index is 0.141. The minimum atomic E-state index is -0.894. The van der Waals surface area contributed by atoms with Gasteiger partial charge in [-0.15, -0.1) is 0 Å².